The summed E-state index contributed by atoms with van der Waals surface area (Å²) in [4.78, 5) is 12.3. The third-order valence-electron chi connectivity index (χ3n) is 4.20. The Morgan fingerprint density at radius 2 is 2.15 bits per heavy atom. The van der Waals surface area contributed by atoms with E-state index in [0.29, 0.717) is 28.8 Å². The van der Waals surface area contributed by atoms with Crippen LogP contribution in [-0.4, -0.2) is 32.3 Å². The molecule has 3 rings (SSSR count). The molecular weight excluding hydrogens is 366 g/mol. The van der Waals surface area contributed by atoms with E-state index in [1.165, 1.54) is 6.08 Å². The molecule has 5 nitrogen and oxygen atoms in total. The minimum absolute atomic E-state index is 0.0923. The average molecular weight is 388 g/mol. The zero-order chi connectivity index (χ0) is 19.1. The average Bonchev–Trinajstić information content (AvgIpc) is 3.19. The molecule has 1 unspecified atom stereocenters. The summed E-state index contributed by atoms with van der Waals surface area (Å²) in [5.74, 6) is 0.976. The number of carbonyl (C=O) groups excluding carboxylic acids is 1. The Kier molecular flexibility index (Phi) is 6.74. The highest BCUT2D eigenvalue weighted by atomic mass is 35.5. The number of nitrogens with one attached hydrogen (secondary N) is 1. The van der Waals surface area contributed by atoms with Crippen LogP contribution in [0.3, 0.4) is 0 Å². The van der Waals surface area contributed by atoms with Gasteiger partial charge in [0.2, 0.25) is 5.91 Å². The summed E-state index contributed by atoms with van der Waals surface area (Å²) < 4.78 is 16.7. The minimum Gasteiger partial charge on any atom is -0.496 e. The number of benzene rings is 2. The van der Waals surface area contributed by atoms with E-state index in [4.69, 9.17) is 25.8 Å². The zero-order valence-electron chi connectivity index (χ0n) is 15.1. The van der Waals surface area contributed by atoms with Crippen molar-refractivity contribution < 1.29 is 19.0 Å². The van der Waals surface area contributed by atoms with Crippen LogP contribution in [-0.2, 0) is 9.53 Å². The van der Waals surface area contributed by atoms with Crippen molar-refractivity contribution in [1.29, 1.82) is 0 Å². The van der Waals surface area contributed by atoms with Gasteiger partial charge in [0.1, 0.15) is 18.1 Å². The van der Waals surface area contributed by atoms with Crippen LogP contribution in [0.25, 0.3) is 6.08 Å². The lowest BCUT2D eigenvalue weighted by atomic mass is 10.2. The quantitative estimate of drug-likeness (QED) is 0.707. The van der Waals surface area contributed by atoms with Crippen molar-refractivity contribution in [3.05, 3.63) is 59.1 Å². The number of carbonyl (C=O) groups is 1. The Labute approximate surface area is 163 Å². The second kappa shape index (κ2) is 9.44. The molecule has 142 valence electrons. The van der Waals surface area contributed by atoms with Gasteiger partial charge in [-0.3, -0.25) is 4.79 Å². The molecule has 0 aromatic heterocycles. The number of anilines is 1. The molecule has 1 saturated heterocycles. The van der Waals surface area contributed by atoms with Crippen LogP contribution < -0.4 is 14.8 Å². The second-order valence-electron chi connectivity index (χ2n) is 6.15. The summed E-state index contributed by atoms with van der Waals surface area (Å²) in [6.45, 7) is 1.22. The number of amides is 1. The second-order valence-corrected chi connectivity index (χ2v) is 6.59. The number of hydrogen-bond acceptors (Lipinski definition) is 4. The molecule has 1 aliphatic rings. The molecule has 1 amide bonds. The SMILES string of the molecule is COc1ccccc1/C=C/C(=O)Nc1cc(Cl)ccc1OCC1CCCO1. The van der Waals surface area contributed by atoms with E-state index in [-0.39, 0.29) is 12.0 Å². The molecule has 1 aliphatic heterocycles. The maximum atomic E-state index is 12.3. The van der Waals surface area contributed by atoms with E-state index >= 15 is 0 Å². The number of rotatable bonds is 7. The van der Waals surface area contributed by atoms with Crippen LogP contribution in [0.2, 0.25) is 5.02 Å². The number of halogens is 1. The van der Waals surface area contributed by atoms with Gasteiger partial charge in [0, 0.05) is 23.3 Å². The smallest absolute Gasteiger partial charge is 0.248 e. The highest BCUT2D eigenvalue weighted by Crippen LogP contribution is 2.29. The third-order valence-corrected chi connectivity index (χ3v) is 4.44. The summed E-state index contributed by atoms with van der Waals surface area (Å²) >= 11 is 6.07. The molecular formula is C21H22ClNO4. The van der Waals surface area contributed by atoms with Crippen molar-refractivity contribution in [1.82, 2.24) is 0 Å². The first-order valence-corrected chi connectivity index (χ1v) is 9.19. The van der Waals surface area contributed by atoms with E-state index in [1.54, 1.807) is 31.4 Å². The molecule has 1 fully saturated rings. The Balaban J connectivity index is 1.67. The van der Waals surface area contributed by atoms with Gasteiger partial charge in [0.25, 0.3) is 0 Å². The Bertz CT molecular complexity index is 816. The van der Waals surface area contributed by atoms with Crippen molar-refractivity contribution in [3.63, 3.8) is 0 Å². The van der Waals surface area contributed by atoms with Crippen LogP contribution in [0.1, 0.15) is 18.4 Å². The van der Waals surface area contributed by atoms with E-state index in [0.717, 1.165) is 25.0 Å². The van der Waals surface area contributed by atoms with Crippen molar-refractivity contribution >= 4 is 29.3 Å². The summed E-state index contributed by atoms with van der Waals surface area (Å²) in [6, 6.07) is 12.6. The predicted molar refractivity (Wildman–Crippen MR) is 107 cm³/mol. The molecule has 1 N–H and O–H groups in total. The summed E-state index contributed by atoms with van der Waals surface area (Å²) in [7, 11) is 1.59. The molecule has 6 heteroatoms. The van der Waals surface area contributed by atoms with E-state index in [1.807, 2.05) is 24.3 Å². The van der Waals surface area contributed by atoms with Gasteiger partial charge in [-0.2, -0.15) is 0 Å². The topological polar surface area (TPSA) is 56.8 Å². The minimum atomic E-state index is -0.287. The lowest BCUT2D eigenvalue weighted by molar-refractivity contribution is -0.111. The summed E-state index contributed by atoms with van der Waals surface area (Å²) in [6.07, 6.45) is 5.27. The highest BCUT2D eigenvalue weighted by Gasteiger charge is 2.17. The lowest BCUT2D eigenvalue weighted by Gasteiger charge is -2.15. The van der Waals surface area contributed by atoms with E-state index in [2.05, 4.69) is 5.32 Å². The fourth-order valence-electron chi connectivity index (χ4n) is 2.83. The van der Waals surface area contributed by atoms with Gasteiger partial charge < -0.3 is 19.5 Å². The van der Waals surface area contributed by atoms with Crippen molar-refractivity contribution in [2.45, 2.75) is 18.9 Å². The normalized spacial score (nSPS) is 16.4. The van der Waals surface area contributed by atoms with Crippen LogP contribution in [0.5, 0.6) is 11.5 Å². The van der Waals surface area contributed by atoms with Crippen molar-refractivity contribution in [3.8, 4) is 11.5 Å². The van der Waals surface area contributed by atoms with Crippen molar-refractivity contribution in [2.75, 3.05) is 25.6 Å². The Morgan fingerprint density at radius 1 is 1.30 bits per heavy atom. The van der Waals surface area contributed by atoms with E-state index < -0.39 is 0 Å². The number of hydrogen-bond donors (Lipinski definition) is 1. The molecule has 0 aliphatic carbocycles. The zero-order valence-corrected chi connectivity index (χ0v) is 15.9. The Hall–Kier alpha value is -2.50. The molecule has 2 aromatic rings. The fourth-order valence-corrected chi connectivity index (χ4v) is 3.00. The van der Waals surface area contributed by atoms with Crippen LogP contribution >= 0.6 is 11.6 Å². The summed E-state index contributed by atoms with van der Waals surface area (Å²) in [5, 5.41) is 3.33. The summed E-state index contributed by atoms with van der Waals surface area (Å²) in [5.41, 5.74) is 1.34. The van der Waals surface area contributed by atoms with Crippen LogP contribution in [0.15, 0.2) is 48.5 Å². The first kappa shape index (κ1) is 19.3. The maximum absolute atomic E-state index is 12.3. The van der Waals surface area contributed by atoms with Gasteiger partial charge in [0.15, 0.2) is 0 Å². The highest BCUT2D eigenvalue weighted by molar-refractivity contribution is 6.31. The standard InChI is InChI=1S/C21H22ClNO4/c1-25-19-7-3-2-5-15(19)8-11-21(24)23-18-13-16(22)9-10-20(18)27-14-17-6-4-12-26-17/h2-3,5,7-11,13,17H,4,6,12,14H2,1H3,(H,23,24)/b11-8+. The van der Waals surface area contributed by atoms with Crippen LogP contribution in [0, 0.1) is 0 Å². The Morgan fingerprint density at radius 3 is 2.93 bits per heavy atom. The largest absolute Gasteiger partial charge is 0.496 e. The monoisotopic (exact) mass is 387 g/mol. The number of methoxy groups -OCH3 is 1. The molecule has 1 heterocycles. The molecule has 0 saturated carbocycles. The van der Waals surface area contributed by atoms with E-state index in [9.17, 15) is 4.79 Å². The number of ether oxygens (including phenoxy) is 3. The fraction of sp³-hybridized carbons (Fsp3) is 0.286. The molecule has 2 aromatic carbocycles. The van der Waals surface area contributed by atoms with Crippen LogP contribution in [0.4, 0.5) is 5.69 Å². The first-order valence-electron chi connectivity index (χ1n) is 8.82. The van der Waals surface area contributed by atoms with Gasteiger partial charge in [-0.1, -0.05) is 29.8 Å². The molecule has 1 atom stereocenters. The van der Waals surface area contributed by atoms with Gasteiger partial charge in [-0.25, -0.2) is 0 Å². The molecule has 0 bridgehead atoms. The van der Waals surface area contributed by atoms with Gasteiger partial charge >= 0.3 is 0 Å². The molecule has 0 spiro atoms. The first-order chi connectivity index (χ1) is 13.2. The number of para-hydroxylation sites is 1. The lowest BCUT2D eigenvalue weighted by Crippen LogP contribution is -2.17. The van der Waals surface area contributed by atoms with Gasteiger partial charge in [0.05, 0.1) is 18.9 Å². The molecule has 27 heavy (non-hydrogen) atoms. The molecule has 0 radical (unpaired) electrons. The predicted octanol–water partition coefficient (Wildman–Crippen LogP) is 4.56. The van der Waals surface area contributed by atoms with Crippen molar-refractivity contribution in [2.24, 2.45) is 0 Å². The third kappa shape index (κ3) is 5.49. The maximum Gasteiger partial charge on any atom is 0.248 e. The van der Waals surface area contributed by atoms with Gasteiger partial charge in [-0.15, -0.1) is 0 Å². The van der Waals surface area contributed by atoms with Gasteiger partial charge in [-0.05, 0) is 43.2 Å².